The monoisotopic (exact) mass is 273 g/mol. The van der Waals surface area contributed by atoms with Crippen LogP contribution in [-0.4, -0.2) is 11.7 Å². The molecule has 0 aliphatic rings. The predicted octanol–water partition coefficient (Wildman–Crippen LogP) is 2.72. The first-order valence-corrected chi connectivity index (χ1v) is 4.72. The Balaban J connectivity index is 3.40. The maximum atomic E-state index is 12.5. The molecule has 0 saturated carbocycles. The van der Waals surface area contributed by atoms with E-state index in [1.165, 1.54) is 0 Å². The number of halogens is 6. The number of hydrogen-bond donors (Lipinski definition) is 2. The second kappa shape index (κ2) is 4.77. The van der Waals surface area contributed by atoms with Crippen LogP contribution in [0.1, 0.15) is 22.7 Å². The first-order chi connectivity index (χ1) is 8.07. The number of rotatable bonds is 2. The Labute approximate surface area is 98.0 Å². The zero-order valence-corrected chi connectivity index (χ0v) is 8.81. The minimum absolute atomic E-state index is 0.210. The van der Waals surface area contributed by atoms with Crippen LogP contribution in [0.4, 0.5) is 26.3 Å². The van der Waals surface area contributed by atoms with Crippen LogP contribution in [0.5, 0.6) is 0 Å². The summed E-state index contributed by atoms with van der Waals surface area (Å²) in [6.45, 7) is -0.664. The van der Waals surface area contributed by atoms with Gasteiger partial charge in [0.2, 0.25) is 0 Å². The van der Waals surface area contributed by atoms with E-state index in [1.807, 2.05) is 0 Å². The van der Waals surface area contributed by atoms with Crippen molar-refractivity contribution in [1.82, 2.24) is 0 Å². The number of aliphatic hydroxyl groups is 1. The Bertz CT molecular complexity index is 425. The molecule has 0 spiro atoms. The molecule has 1 aromatic carbocycles. The minimum atomic E-state index is -5.14. The van der Waals surface area contributed by atoms with E-state index in [0.29, 0.717) is 12.1 Å². The Morgan fingerprint density at radius 2 is 1.50 bits per heavy atom. The normalized spacial score (nSPS) is 14.7. The number of aliphatic hydroxyl groups excluding tert-OH is 1. The molecule has 0 radical (unpaired) electrons. The van der Waals surface area contributed by atoms with Gasteiger partial charge in [-0.2, -0.15) is 26.3 Å². The van der Waals surface area contributed by atoms with Crippen LogP contribution in [0.3, 0.4) is 0 Å². The Kier molecular flexibility index (Phi) is 3.92. The molecular formula is C10H9F6NO. The summed E-state index contributed by atoms with van der Waals surface area (Å²) >= 11 is 0. The van der Waals surface area contributed by atoms with Gasteiger partial charge in [0.25, 0.3) is 0 Å². The fourth-order valence-corrected chi connectivity index (χ4v) is 1.38. The van der Waals surface area contributed by atoms with Gasteiger partial charge in [-0.1, -0.05) is 6.07 Å². The smallest absolute Gasteiger partial charge is 0.394 e. The molecule has 1 rings (SSSR count). The summed E-state index contributed by atoms with van der Waals surface area (Å²) in [5, 5.41) is 8.68. The highest BCUT2D eigenvalue weighted by atomic mass is 19.4. The van der Waals surface area contributed by atoms with Crippen LogP contribution in [0, 0.1) is 0 Å². The summed E-state index contributed by atoms with van der Waals surface area (Å²) in [5.41, 5.74) is 1.47. The van der Waals surface area contributed by atoms with Gasteiger partial charge in [0.05, 0.1) is 23.8 Å². The molecule has 0 unspecified atom stereocenters. The Morgan fingerprint density at radius 1 is 1.00 bits per heavy atom. The van der Waals surface area contributed by atoms with Gasteiger partial charge < -0.3 is 10.8 Å². The molecule has 8 heteroatoms. The van der Waals surface area contributed by atoms with Gasteiger partial charge in [0, 0.05) is 0 Å². The molecule has 2 nitrogen and oxygen atoms in total. The van der Waals surface area contributed by atoms with E-state index >= 15 is 0 Å². The van der Waals surface area contributed by atoms with Crippen molar-refractivity contribution >= 4 is 0 Å². The molecule has 0 saturated heterocycles. The summed E-state index contributed by atoms with van der Waals surface area (Å²) in [6, 6.07) is 0.282. The van der Waals surface area contributed by atoms with Crippen molar-refractivity contribution < 1.29 is 31.4 Å². The van der Waals surface area contributed by atoms with Crippen LogP contribution in [0.2, 0.25) is 0 Å². The van der Waals surface area contributed by atoms with E-state index in [0.717, 1.165) is 6.07 Å². The van der Waals surface area contributed by atoms with Crippen molar-refractivity contribution in [2.75, 3.05) is 6.61 Å². The van der Waals surface area contributed by atoms with Crippen molar-refractivity contribution in [3.05, 3.63) is 34.9 Å². The first kappa shape index (κ1) is 14.8. The summed E-state index contributed by atoms with van der Waals surface area (Å²) in [6.07, 6.45) is -10.2. The van der Waals surface area contributed by atoms with E-state index in [9.17, 15) is 26.3 Å². The first-order valence-electron chi connectivity index (χ1n) is 4.72. The van der Waals surface area contributed by atoms with Crippen molar-refractivity contribution in [3.63, 3.8) is 0 Å². The lowest BCUT2D eigenvalue weighted by Gasteiger charge is -2.18. The van der Waals surface area contributed by atoms with Crippen LogP contribution in [0.15, 0.2) is 18.2 Å². The van der Waals surface area contributed by atoms with Gasteiger partial charge in [-0.25, -0.2) is 0 Å². The average molecular weight is 273 g/mol. The van der Waals surface area contributed by atoms with E-state index in [-0.39, 0.29) is 5.56 Å². The molecule has 0 aliphatic heterocycles. The summed E-state index contributed by atoms with van der Waals surface area (Å²) in [7, 11) is 0. The van der Waals surface area contributed by atoms with Gasteiger partial charge >= 0.3 is 12.4 Å². The second-order valence-corrected chi connectivity index (χ2v) is 3.59. The minimum Gasteiger partial charge on any atom is -0.394 e. The van der Waals surface area contributed by atoms with Gasteiger partial charge in [0.15, 0.2) is 0 Å². The summed E-state index contributed by atoms with van der Waals surface area (Å²) in [4.78, 5) is 0. The van der Waals surface area contributed by atoms with Crippen molar-refractivity contribution in [1.29, 1.82) is 0 Å². The molecule has 18 heavy (non-hydrogen) atoms. The second-order valence-electron chi connectivity index (χ2n) is 3.59. The largest absolute Gasteiger partial charge is 0.417 e. The predicted molar refractivity (Wildman–Crippen MR) is 50.5 cm³/mol. The topological polar surface area (TPSA) is 46.2 Å². The van der Waals surface area contributed by atoms with Crippen LogP contribution in [-0.2, 0) is 12.4 Å². The molecule has 0 fully saturated rings. The molecule has 3 N–H and O–H groups in total. The molecular weight excluding hydrogens is 264 g/mol. The highest BCUT2D eigenvalue weighted by molar-refractivity contribution is 5.37. The molecule has 0 aromatic heterocycles. The lowest BCUT2D eigenvalue weighted by atomic mass is 9.99. The van der Waals surface area contributed by atoms with E-state index in [4.69, 9.17) is 10.8 Å². The lowest BCUT2D eigenvalue weighted by Crippen LogP contribution is -2.20. The zero-order chi connectivity index (χ0) is 14.1. The third-order valence-corrected chi connectivity index (χ3v) is 2.28. The third kappa shape index (κ3) is 3.14. The number of benzene rings is 1. The summed E-state index contributed by atoms with van der Waals surface area (Å²) in [5.74, 6) is 0. The van der Waals surface area contributed by atoms with Gasteiger partial charge in [-0.15, -0.1) is 0 Å². The third-order valence-electron chi connectivity index (χ3n) is 2.28. The number of nitrogens with two attached hydrogens (primary N) is 1. The Morgan fingerprint density at radius 3 is 1.89 bits per heavy atom. The highest BCUT2D eigenvalue weighted by Crippen LogP contribution is 2.41. The maximum Gasteiger partial charge on any atom is 0.417 e. The molecule has 0 aliphatic carbocycles. The van der Waals surface area contributed by atoms with Crippen molar-refractivity contribution in [2.45, 2.75) is 18.4 Å². The standard InChI is InChI=1S/C10H9F6NO/c11-9(12,13)6-2-1-5(8(17)4-18)3-7(6)10(14,15)16/h1-3,8,18H,4,17H2/t8-/m0/s1. The number of alkyl halides is 6. The molecule has 1 aromatic rings. The number of hydrogen-bond acceptors (Lipinski definition) is 2. The van der Waals surface area contributed by atoms with Gasteiger partial charge in [0.1, 0.15) is 0 Å². The molecule has 0 bridgehead atoms. The van der Waals surface area contributed by atoms with Crippen LogP contribution in [0.25, 0.3) is 0 Å². The van der Waals surface area contributed by atoms with Crippen molar-refractivity contribution in [2.24, 2.45) is 5.73 Å². The molecule has 102 valence electrons. The lowest BCUT2D eigenvalue weighted by molar-refractivity contribution is -0.162. The average Bonchev–Trinajstić information content (AvgIpc) is 2.24. The summed E-state index contributed by atoms with van der Waals surface area (Å²) < 4.78 is 74.8. The fourth-order valence-electron chi connectivity index (χ4n) is 1.38. The van der Waals surface area contributed by atoms with E-state index in [1.54, 1.807) is 0 Å². The van der Waals surface area contributed by atoms with Crippen LogP contribution >= 0.6 is 0 Å². The molecule has 1 atom stereocenters. The Hall–Kier alpha value is -1.28. The molecule has 0 amide bonds. The van der Waals surface area contributed by atoms with E-state index < -0.39 is 36.1 Å². The fraction of sp³-hybridized carbons (Fsp3) is 0.400. The quantitative estimate of drug-likeness (QED) is 0.814. The van der Waals surface area contributed by atoms with Crippen molar-refractivity contribution in [3.8, 4) is 0 Å². The van der Waals surface area contributed by atoms with Crippen LogP contribution < -0.4 is 5.73 Å². The highest BCUT2D eigenvalue weighted by Gasteiger charge is 2.43. The molecule has 0 heterocycles. The SMILES string of the molecule is N[C@@H](CO)c1ccc(C(F)(F)F)c(C(F)(F)F)c1. The maximum absolute atomic E-state index is 12.5. The van der Waals surface area contributed by atoms with Gasteiger partial charge in [-0.05, 0) is 17.7 Å². The van der Waals surface area contributed by atoms with E-state index in [2.05, 4.69) is 0 Å². The van der Waals surface area contributed by atoms with Gasteiger partial charge in [-0.3, -0.25) is 0 Å². The zero-order valence-electron chi connectivity index (χ0n) is 8.81.